The summed E-state index contributed by atoms with van der Waals surface area (Å²) in [6.45, 7) is -0.736. The molecule has 5 aromatic rings. The van der Waals surface area contributed by atoms with Crippen LogP contribution in [0.25, 0.3) is 0 Å². The Labute approximate surface area is 452 Å². The largest absolute Gasteiger partial charge is 0.489 e. The lowest BCUT2D eigenvalue weighted by molar-refractivity contribution is -0.432. The van der Waals surface area contributed by atoms with Crippen LogP contribution in [0, 0.1) is 13.8 Å². The molecule has 0 saturated carbocycles. The second kappa shape index (κ2) is 30.4. The Bertz CT molecular complexity index is 2860. The van der Waals surface area contributed by atoms with Crippen molar-refractivity contribution in [1.82, 2.24) is 14.7 Å². The highest BCUT2D eigenvalue weighted by Gasteiger charge is 2.28. The molecule has 0 aromatic heterocycles. The van der Waals surface area contributed by atoms with Crippen LogP contribution >= 0.6 is 12.0 Å². The van der Waals surface area contributed by atoms with Crippen LogP contribution in [0.4, 0.5) is 0 Å². The number of rotatable bonds is 36. The number of carboxylic acid groups (broad SMARTS) is 5. The molecule has 420 valence electrons. The predicted octanol–water partition coefficient (Wildman–Crippen LogP) is 5.28. The van der Waals surface area contributed by atoms with Crippen LogP contribution < -0.4 is 23.7 Å². The molecule has 0 saturated heterocycles. The average molecular weight is 1130 g/mol. The molecule has 0 aliphatic rings. The molecule has 0 heterocycles. The molecular weight excluding hydrogens is 1070 g/mol. The third-order valence-corrected chi connectivity index (χ3v) is 12.8. The molecule has 5 aromatic carbocycles. The van der Waals surface area contributed by atoms with E-state index in [1.807, 2.05) is 62.4 Å². The Kier molecular flexibility index (Phi) is 23.9. The van der Waals surface area contributed by atoms with Crippen molar-refractivity contribution in [3.8, 4) is 28.7 Å². The van der Waals surface area contributed by atoms with Crippen molar-refractivity contribution < 1.29 is 101 Å². The number of carbonyl (C=O) groups is 5. The van der Waals surface area contributed by atoms with Crippen molar-refractivity contribution in [2.45, 2.75) is 55.4 Å². The quantitative estimate of drug-likeness (QED) is 0.0116. The van der Waals surface area contributed by atoms with Crippen molar-refractivity contribution >= 4 is 52.0 Å². The van der Waals surface area contributed by atoms with Crippen LogP contribution in [0.3, 0.4) is 0 Å². The van der Waals surface area contributed by atoms with Gasteiger partial charge >= 0.3 is 29.8 Å². The molecule has 2 atom stereocenters. The van der Waals surface area contributed by atoms with Crippen LogP contribution in [0.2, 0.25) is 0 Å². The molecular formula is C52H59N3O21S2. The molecule has 0 radical (unpaired) electrons. The molecule has 24 nitrogen and oxygen atoms in total. The molecule has 0 bridgehead atoms. The van der Waals surface area contributed by atoms with E-state index in [0.29, 0.717) is 23.4 Å². The summed E-state index contributed by atoms with van der Waals surface area (Å²) in [5.41, 5.74) is 4.30. The Morgan fingerprint density at radius 1 is 0.551 bits per heavy atom. The summed E-state index contributed by atoms with van der Waals surface area (Å²) < 4.78 is 70.8. The van der Waals surface area contributed by atoms with Gasteiger partial charge in [-0.05, 0) is 79.4 Å². The van der Waals surface area contributed by atoms with E-state index in [1.54, 1.807) is 30.3 Å². The maximum Gasteiger partial charge on any atom is 0.317 e. The van der Waals surface area contributed by atoms with Gasteiger partial charge in [0.15, 0.2) is 6.10 Å². The zero-order valence-corrected chi connectivity index (χ0v) is 43.9. The van der Waals surface area contributed by atoms with E-state index in [0.717, 1.165) is 38.1 Å². The number of ether oxygens (including phenoxy) is 5. The van der Waals surface area contributed by atoms with Crippen molar-refractivity contribution in [3.05, 3.63) is 137 Å². The number of nitrogens with zero attached hydrogens (tertiary/aromatic N) is 3. The molecule has 7 N–H and O–H groups in total. The first-order valence-electron chi connectivity index (χ1n) is 23.7. The highest BCUT2D eigenvalue weighted by atomic mass is 32.2. The van der Waals surface area contributed by atoms with E-state index < -0.39 is 96.3 Å². The lowest BCUT2D eigenvalue weighted by Gasteiger charge is -2.34. The van der Waals surface area contributed by atoms with Gasteiger partial charge in [0.1, 0.15) is 60.1 Å². The van der Waals surface area contributed by atoms with Crippen LogP contribution in [-0.4, -0.2) is 166 Å². The molecule has 0 aliphatic heterocycles. The number of aryl methyl sites for hydroxylation is 2. The topological polar surface area (TPSA) is 335 Å². The zero-order valence-electron chi connectivity index (χ0n) is 42.2. The maximum atomic E-state index is 12.7. The summed E-state index contributed by atoms with van der Waals surface area (Å²) >= 11 is 0.587. The molecule has 0 fully saturated rings. The number of benzene rings is 5. The fourth-order valence-corrected chi connectivity index (χ4v) is 8.76. The Morgan fingerprint density at radius 2 is 1.00 bits per heavy atom. The van der Waals surface area contributed by atoms with E-state index in [-0.39, 0.29) is 73.8 Å². The number of aliphatic carboxylic acids is 5. The first-order valence-corrected chi connectivity index (χ1v) is 25.9. The van der Waals surface area contributed by atoms with Gasteiger partial charge in [0.05, 0.1) is 49.7 Å². The lowest BCUT2D eigenvalue weighted by atomic mass is 10.0. The lowest BCUT2D eigenvalue weighted by Crippen LogP contribution is -2.51. The molecule has 78 heavy (non-hydrogen) atoms. The third kappa shape index (κ3) is 21.8. The van der Waals surface area contributed by atoms with E-state index >= 15 is 0 Å². The molecule has 2 unspecified atom stereocenters. The van der Waals surface area contributed by atoms with Gasteiger partial charge in [-0.15, -0.1) is 4.33 Å². The molecule has 0 amide bonds. The van der Waals surface area contributed by atoms with Gasteiger partial charge < -0.3 is 49.2 Å². The van der Waals surface area contributed by atoms with Gasteiger partial charge in [-0.25, -0.2) is 5.26 Å². The standard InChI is InChI=1S/C52H59N3O21S2/c1-34-3-7-37(8-4-34)30-70-41-15-17-44(46(22-41)77-76-75-66)72-32-43(33-73-45-18-16-42(23-47(45)78(67,68)69)71-31-38-9-5-35(2)6-10-38)74-40-13-11-36(12-14-40)21-39(55(28-51(62)63)29-52(64)65)24-53(25-48(56)57)19-20-54(26-49(58)59)27-50(60)61/h3-18,22-23,39,43,66H,19-21,24-33H2,1-2H3,(H,56,57)(H,58,59)(H,60,61)(H,62,63)(H,64,65)(H,67,68,69). The first kappa shape index (κ1) is 61.3. The van der Waals surface area contributed by atoms with E-state index in [1.165, 1.54) is 29.2 Å². The Hall–Kier alpha value is -7.53. The minimum absolute atomic E-state index is 0.0610. The summed E-state index contributed by atoms with van der Waals surface area (Å²) in [5.74, 6) is -6.13. The summed E-state index contributed by atoms with van der Waals surface area (Å²) in [7, 11) is -4.90. The second-order valence-electron chi connectivity index (χ2n) is 17.6. The third-order valence-electron chi connectivity index (χ3n) is 11.3. The Morgan fingerprint density at radius 3 is 1.50 bits per heavy atom. The zero-order chi connectivity index (χ0) is 56.8. The SMILES string of the molecule is Cc1ccc(COc2ccc(OCC(COc3ccc(OCc4ccc(C)cc4)cc3S(=O)(=O)O)Oc3ccc(CC(CN(CCN(CC(=O)O)CC(=O)O)CC(=O)O)N(CC(=O)O)CC(=O)O)cc3)c(SOOO)c2)cc1. The predicted molar refractivity (Wildman–Crippen MR) is 276 cm³/mol. The van der Waals surface area contributed by atoms with Gasteiger partial charge in [0.2, 0.25) is 0 Å². The average Bonchev–Trinajstić information content (AvgIpc) is 3.37. The second-order valence-corrected chi connectivity index (χ2v) is 19.8. The summed E-state index contributed by atoms with van der Waals surface area (Å²) in [6, 6.07) is 29.0. The van der Waals surface area contributed by atoms with E-state index in [9.17, 15) is 62.5 Å². The summed E-state index contributed by atoms with van der Waals surface area (Å²) in [4.78, 5) is 62.1. The number of hydrogen-bond acceptors (Lipinski definition) is 19. The fourth-order valence-electron chi connectivity index (χ4n) is 7.64. The number of hydrogen-bond donors (Lipinski definition) is 7. The van der Waals surface area contributed by atoms with E-state index in [4.69, 9.17) is 33.3 Å². The van der Waals surface area contributed by atoms with Gasteiger partial charge in [0, 0.05) is 31.7 Å². The Balaban J connectivity index is 1.42. The summed E-state index contributed by atoms with van der Waals surface area (Å²) in [6.07, 6.45) is -1.15. The first-order chi connectivity index (χ1) is 37.1. The monoisotopic (exact) mass is 1130 g/mol. The maximum absolute atomic E-state index is 12.7. The van der Waals surface area contributed by atoms with Crippen molar-refractivity contribution in [2.75, 3.05) is 65.6 Å². The van der Waals surface area contributed by atoms with Crippen molar-refractivity contribution in [2.24, 2.45) is 0 Å². The normalized spacial score (nSPS) is 12.2. The highest BCUT2D eigenvalue weighted by Crippen LogP contribution is 2.35. The molecule has 0 spiro atoms. The van der Waals surface area contributed by atoms with Gasteiger partial charge in [-0.3, -0.25) is 43.2 Å². The number of carboxylic acids is 5. The highest BCUT2D eigenvalue weighted by molar-refractivity contribution is 7.94. The van der Waals surface area contributed by atoms with Crippen LogP contribution in [-0.2, 0) is 63.1 Å². The van der Waals surface area contributed by atoms with Gasteiger partial charge in [-0.1, -0.05) is 76.8 Å². The van der Waals surface area contributed by atoms with Crippen LogP contribution in [0.1, 0.15) is 27.8 Å². The smallest absolute Gasteiger partial charge is 0.317 e. The molecule has 0 aliphatic carbocycles. The van der Waals surface area contributed by atoms with Crippen molar-refractivity contribution in [3.63, 3.8) is 0 Å². The molecule has 26 heteroatoms. The van der Waals surface area contributed by atoms with Crippen LogP contribution in [0.15, 0.2) is 119 Å². The molecule has 5 rings (SSSR count). The fraction of sp³-hybridized carbons (Fsp3) is 0.327. The minimum atomic E-state index is -4.90. The summed E-state index contributed by atoms with van der Waals surface area (Å²) in [5, 5.41) is 60.8. The van der Waals surface area contributed by atoms with Crippen molar-refractivity contribution in [1.29, 1.82) is 0 Å². The van der Waals surface area contributed by atoms with Gasteiger partial charge in [-0.2, -0.15) is 8.42 Å². The van der Waals surface area contributed by atoms with E-state index in [2.05, 4.69) is 5.04 Å². The van der Waals surface area contributed by atoms with Gasteiger partial charge in [0.25, 0.3) is 10.1 Å². The minimum Gasteiger partial charge on any atom is -0.489 e. The van der Waals surface area contributed by atoms with Crippen LogP contribution in [0.5, 0.6) is 28.7 Å².